The van der Waals surface area contributed by atoms with Gasteiger partial charge in [-0.05, 0) is 44.7 Å². The first-order valence-corrected chi connectivity index (χ1v) is 9.88. The van der Waals surface area contributed by atoms with Crippen LogP contribution in [0, 0.1) is 6.92 Å². The van der Waals surface area contributed by atoms with Crippen molar-refractivity contribution >= 4 is 5.96 Å². The van der Waals surface area contributed by atoms with Crippen LogP contribution in [0.25, 0.3) is 0 Å². The van der Waals surface area contributed by atoms with E-state index in [0.717, 1.165) is 57.5 Å². The second-order valence-corrected chi connectivity index (χ2v) is 6.45. The van der Waals surface area contributed by atoms with E-state index in [4.69, 9.17) is 9.73 Å². The zero-order valence-corrected chi connectivity index (χ0v) is 16.9. The lowest BCUT2D eigenvalue weighted by atomic mass is 10.1. The number of imidazole rings is 1. The minimum atomic E-state index is 0.658. The number of hydrogen-bond acceptors (Lipinski definition) is 3. The molecule has 0 atom stereocenters. The summed E-state index contributed by atoms with van der Waals surface area (Å²) in [5.74, 6) is 1.89. The van der Waals surface area contributed by atoms with Gasteiger partial charge in [0.15, 0.2) is 5.96 Å². The van der Waals surface area contributed by atoms with Gasteiger partial charge in [0, 0.05) is 45.2 Å². The molecule has 0 aliphatic carbocycles. The largest absolute Gasteiger partial charge is 0.382 e. The summed E-state index contributed by atoms with van der Waals surface area (Å²) in [7, 11) is 0. The van der Waals surface area contributed by atoms with Crippen molar-refractivity contribution in [2.45, 2.75) is 46.7 Å². The summed E-state index contributed by atoms with van der Waals surface area (Å²) in [5, 5.41) is 6.71. The minimum Gasteiger partial charge on any atom is -0.382 e. The second-order valence-electron chi connectivity index (χ2n) is 6.45. The molecule has 2 rings (SSSR count). The quantitative estimate of drug-likeness (QED) is 0.362. The molecule has 0 saturated heterocycles. The average molecular weight is 372 g/mol. The molecule has 0 unspecified atom stereocenters. The molecule has 0 radical (unpaired) electrons. The summed E-state index contributed by atoms with van der Waals surface area (Å²) in [4.78, 5) is 9.00. The zero-order valence-electron chi connectivity index (χ0n) is 16.9. The first-order chi connectivity index (χ1) is 13.2. The molecule has 6 heteroatoms. The summed E-state index contributed by atoms with van der Waals surface area (Å²) in [6, 6.07) is 8.59. The van der Waals surface area contributed by atoms with Gasteiger partial charge in [-0.1, -0.05) is 24.3 Å². The molecule has 148 valence electrons. The van der Waals surface area contributed by atoms with E-state index in [9.17, 15) is 0 Å². The number of aliphatic imine (C=N–C) groups is 1. The Morgan fingerprint density at radius 2 is 2.04 bits per heavy atom. The van der Waals surface area contributed by atoms with Crippen molar-refractivity contribution in [1.29, 1.82) is 0 Å². The summed E-state index contributed by atoms with van der Waals surface area (Å²) < 4.78 is 7.52. The number of aryl methyl sites for hydroxylation is 1. The molecule has 27 heavy (non-hydrogen) atoms. The van der Waals surface area contributed by atoms with Crippen molar-refractivity contribution in [3.63, 3.8) is 0 Å². The number of benzene rings is 1. The van der Waals surface area contributed by atoms with E-state index >= 15 is 0 Å². The second kappa shape index (κ2) is 12.1. The van der Waals surface area contributed by atoms with Crippen molar-refractivity contribution in [2.24, 2.45) is 4.99 Å². The maximum Gasteiger partial charge on any atom is 0.191 e. The van der Waals surface area contributed by atoms with Crippen LogP contribution in [0.4, 0.5) is 0 Å². The van der Waals surface area contributed by atoms with Crippen molar-refractivity contribution in [2.75, 3.05) is 26.3 Å². The Balaban J connectivity index is 1.87. The lowest BCUT2D eigenvalue weighted by molar-refractivity contribution is 0.143. The Bertz CT molecular complexity index is 695. The van der Waals surface area contributed by atoms with E-state index < -0.39 is 0 Å². The molecule has 0 bridgehead atoms. The average Bonchev–Trinajstić information content (AvgIpc) is 3.07. The Labute approximate surface area is 163 Å². The number of nitrogens with one attached hydrogen (secondary N) is 2. The fourth-order valence-electron chi connectivity index (χ4n) is 2.79. The Morgan fingerprint density at radius 3 is 2.78 bits per heavy atom. The molecule has 2 aromatic rings. The lowest BCUT2D eigenvalue weighted by Gasteiger charge is -2.12. The van der Waals surface area contributed by atoms with E-state index in [0.29, 0.717) is 6.54 Å². The molecular weight excluding hydrogens is 338 g/mol. The van der Waals surface area contributed by atoms with Crippen LogP contribution in [0.3, 0.4) is 0 Å². The van der Waals surface area contributed by atoms with Gasteiger partial charge >= 0.3 is 0 Å². The molecular formula is C21H33N5O. The number of hydrogen-bond donors (Lipinski definition) is 2. The Morgan fingerprint density at radius 1 is 1.19 bits per heavy atom. The molecule has 0 amide bonds. The summed E-state index contributed by atoms with van der Waals surface area (Å²) in [6.07, 6.45) is 5.99. The number of unbranched alkanes of at least 4 members (excludes halogenated alkanes) is 1. The van der Waals surface area contributed by atoms with Crippen LogP contribution in [-0.4, -0.2) is 41.8 Å². The molecule has 0 aliphatic heterocycles. The molecule has 1 aromatic heterocycles. The molecule has 1 aromatic carbocycles. The highest BCUT2D eigenvalue weighted by Gasteiger charge is 2.01. The molecule has 1 heterocycles. The number of rotatable bonds is 11. The molecule has 2 N–H and O–H groups in total. The third kappa shape index (κ3) is 7.83. The van der Waals surface area contributed by atoms with Gasteiger partial charge in [0.2, 0.25) is 0 Å². The fraction of sp³-hybridized carbons (Fsp3) is 0.524. The maximum absolute atomic E-state index is 5.37. The standard InChI is InChI=1S/C21H33N5O/c1-4-22-21(24-11-6-7-14-27-5-2)25-16-19-9-8-10-20(15-19)17-26-13-12-23-18(26)3/h8-10,12-13,15H,4-7,11,14,16-17H2,1-3H3,(H2,22,24,25). The third-order valence-electron chi connectivity index (χ3n) is 4.24. The predicted octanol–water partition coefficient (Wildman–Crippen LogP) is 3.11. The van der Waals surface area contributed by atoms with Crippen LogP contribution in [0.5, 0.6) is 0 Å². The number of guanidine groups is 1. The van der Waals surface area contributed by atoms with E-state index in [1.165, 1.54) is 11.1 Å². The van der Waals surface area contributed by atoms with Crippen LogP contribution in [0.15, 0.2) is 41.7 Å². The summed E-state index contributed by atoms with van der Waals surface area (Å²) in [5.41, 5.74) is 2.47. The van der Waals surface area contributed by atoms with Gasteiger partial charge in [-0.3, -0.25) is 0 Å². The van der Waals surface area contributed by atoms with Gasteiger partial charge in [-0.2, -0.15) is 0 Å². The van der Waals surface area contributed by atoms with Crippen LogP contribution in [-0.2, 0) is 17.8 Å². The topological polar surface area (TPSA) is 63.5 Å². The third-order valence-corrected chi connectivity index (χ3v) is 4.24. The van der Waals surface area contributed by atoms with Crippen LogP contribution in [0.2, 0.25) is 0 Å². The predicted molar refractivity (Wildman–Crippen MR) is 111 cm³/mol. The van der Waals surface area contributed by atoms with Crippen LogP contribution >= 0.6 is 0 Å². The van der Waals surface area contributed by atoms with Crippen molar-refractivity contribution in [1.82, 2.24) is 20.2 Å². The first kappa shape index (κ1) is 21.0. The van der Waals surface area contributed by atoms with Gasteiger partial charge in [0.05, 0.1) is 6.54 Å². The fourth-order valence-corrected chi connectivity index (χ4v) is 2.79. The first-order valence-electron chi connectivity index (χ1n) is 9.88. The molecule has 0 fully saturated rings. The Kier molecular flexibility index (Phi) is 9.41. The van der Waals surface area contributed by atoms with E-state index in [1.807, 2.05) is 26.2 Å². The summed E-state index contributed by atoms with van der Waals surface area (Å²) in [6.45, 7) is 11.0. The monoisotopic (exact) mass is 371 g/mol. The minimum absolute atomic E-state index is 0.658. The van der Waals surface area contributed by atoms with Gasteiger partial charge in [0.1, 0.15) is 5.82 Å². The van der Waals surface area contributed by atoms with Crippen molar-refractivity contribution < 1.29 is 4.74 Å². The Hall–Kier alpha value is -2.34. The van der Waals surface area contributed by atoms with Crippen LogP contribution in [0.1, 0.15) is 43.6 Å². The highest BCUT2D eigenvalue weighted by atomic mass is 16.5. The lowest BCUT2D eigenvalue weighted by Crippen LogP contribution is -2.37. The van der Waals surface area contributed by atoms with Gasteiger partial charge in [-0.15, -0.1) is 0 Å². The molecule has 0 spiro atoms. The molecule has 0 saturated carbocycles. The SMILES string of the molecule is CCNC(=NCc1cccc(Cn2ccnc2C)c1)NCCCCOCC. The highest BCUT2D eigenvalue weighted by Crippen LogP contribution is 2.09. The van der Waals surface area contributed by atoms with Crippen molar-refractivity contribution in [3.05, 3.63) is 53.6 Å². The van der Waals surface area contributed by atoms with Gasteiger partial charge in [0.25, 0.3) is 0 Å². The number of ether oxygens (including phenoxy) is 1. The highest BCUT2D eigenvalue weighted by molar-refractivity contribution is 5.79. The van der Waals surface area contributed by atoms with Crippen molar-refractivity contribution in [3.8, 4) is 0 Å². The van der Waals surface area contributed by atoms with E-state index in [-0.39, 0.29) is 0 Å². The molecule has 6 nitrogen and oxygen atoms in total. The number of nitrogens with zero attached hydrogens (tertiary/aromatic N) is 3. The van der Waals surface area contributed by atoms with Gasteiger partial charge < -0.3 is 19.9 Å². The summed E-state index contributed by atoms with van der Waals surface area (Å²) >= 11 is 0. The zero-order chi connectivity index (χ0) is 19.3. The maximum atomic E-state index is 5.37. The van der Waals surface area contributed by atoms with E-state index in [1.54, 1.807) is 0 Å². The molecule has 0 aliphatic rings. The van der Waals surface area contributed by atoms with E-state index in [2.05, 4.69) is 51.4 Å². The number of aromatic nitrogens is 2. The smallest absolute Gasteiger partial charge is 0.191 e. The normalized spacial score (nSPS) is 11.6. The van der Waals surface area contributed by atoms with Crippen LogP contribution < -0.4 is 10.6 Å². The van der Waals surface area contributed by atoms with Gasteiger partial charge in [-0.25, -0.2) is 9.98 Å².